The smallest absolute Gasteiger partial charge is 0.307 e. The number of carbonyl (C=O) groups is 1. The van der Waals surface area contributed by atoms with Crippen LogP contribution in [0.15, 0.2) is 66.7 Å². The minimum Gasteiger partial charge on any atom is -0.493 e. The first-order valence-corrected chi connectivity index (χ1v) is 12.5. The van der Waals surface area contributed by atoms with Crippen LogP contribution in [0.25, 0.3) is 0 Å². The Morgan fingerprint density at radius 3 is 2.09 bits per heavy atom. The van der Waals surface area contributed by atoms with Crippen LogP contribution in [0, 0.1) is 0 Å². The van der Waals surface area contributed by atoms with Gasteiger partial charge < -0.3 is 19.3 Å². The molecule has 0 radical (unpaired) electrons. The fourth-order valence-electron chi connectivity index (χ4n) is 3.89. The summed E-state index contributed by atoms with van der Waals surface area (Å²) in [6, 6.07) is 21.4. The van der Waals surface area contributed by atoms with E-state index in [0.717, 1.165) is 78.2 Å². The lowest BCUT2D eigenvalue weighted by molar-refractivity contribution is -0.136. The Balaban J connectivity index is 1.54. The third-order valence-corrected chi connectivity index (χ3v) is 5.61. The molecule has 5 heteroatoms. The highest BCUT2D eigenvalue weighted by atomic mass is 16.5. The third-order valence-electron chi connectivity index (χ3n) is 5.61. The molecule has 186 valence electrons. The van der Waals surface area contributed by atoms with Crippen molar-refractivity contribution in [3.8, 4) is 23.0 Å². The molecule has 0 amide bonds. The van der Waals surface area contributed by atoms with Crippen LogP contribution in [-0.4, -0.2) is 24.3 Å². The molecule has 0 aliphatic carbocycles. The van der Waals surface area contributed by atoms with Crippen molar-refractivity contribution >= 4 is 5.97 Å². The van der Waals surface area contributed by atoms with Crippen molar-refractivity contribution in [2.75, 3.05) is 13.2 Å². The number of carboxylic acid groups (broad SMARTS) is 1. The fourth-order valence-corrected chi connectivity index (χ4v) is 3.89. The maximum Gasteiger partial charge on any atom is 0.307 e. The number of ether oxygens (including phenoxy) is 3. The summed E-state index contributed by atoms with van der Waals surface area (Å²) in [7, 11) is 0. The molecule has 1 N–H and O–H groups in total. The number of carboxylic acids is 1. The molecule has 0 spiro atoms. The maximum absolute atomic E-state index is 11.1. The van der Waals surface area contributed by atoms with E-state index < -0.39 is 5.97 Å². The lowest BCUT2D eigenvalue weighted by Gasteiger charge is -2.15. The predicted molar refractivity (Wildman–Crippen MR) is 139 cm³/mol. The minimum absolute atomic E-state index is 0.0303. The van der Waals surface area contributed by atoms with Crippen LogP contribution in [0.2, 0.25) is 0 Å². The number of unbranched alkanes of at least 4 members (excludes halogenated alkanes) is 1. The van der Waals surface area contributed by atoms with Crippen LogP contribution < -0.4 is 14.2 Å². The van der Waals surface area contributed by atoms with Crippen molar-refractivity contribution in [1.29, 1.82) is 0 Å². The average molecular weight is 477 g/mol. The standard InChI is InChI=1S/C30H36O5/c1-3-5-11-25-20-23(21-30(31)32)14-16-28(25)33-18-9-19-34-29-17-15-27(22-24(29)10-4-2)35-26-12-7-6-8-13-26/h6-8,12-17,20,22H,3-5,9-11,18-19,21H2,1-2H3,(H,31,32). The van der Waals surface area contributed by atoms with Crippen molar-refractivity contribution in [3.05, 3.63) is 83.4 Å². The highest BCUT2D eigenvalue weighted by molar-refractivity contribution is 5.70. The van der Waals surface area contributed by atoms with Gasteiger partial charge >= 0.3 is 5.97 Å². The number of benzene rings is 3. The van der Waals surface area contributed by atoms with Gasteiger partial charge in [0.25, 0.3) is 0 Å². The number of aryl methyl sites for hydroxylation is 2. The Morgan fingerprint density at radius 2 is 1.43 bits per heavy atom. The fraction of sp³-hybridized carbons (Fsp3) is 0.367. The molecule has 0 fully saturated rings. The molecule has 0 heterocycles. The molecule has 3 aromatic carbocycles. The first-order chi connectivity index (χ1) is 17.1. The molecule has 0 unspecified atom stereocenters. The number of rotatable bonds is 15. The van der Waals surface area contributed by atoms with E-state index in [2.05, 4.69) is 19.9 Å². The molecule has 5 nitrogen and oxygen atoms in total. The number of hydrogen-bond acceptors (Lipinski definition) is 4. The Hall–Kier alpha value is -3.47. The van der Waals surface area contributed by atoms with Gasteiger partial charge in [-0.25, -0.2) is 0 Å². The van der Waals surface area contributed by atoms with Crippen LogP contribution in [0.1, 0.15) is 56.2 Å². The summed E-state index contributed by atoms with van der Waals surface area (Å²) in [5.74, 6) is 2.52. The summed E-state index contributed by atoms with van der Waals surface area (Å²) in [4.78, 5) is 11.1. The van der Waals surface area contributed by atoms with E-state index >= 15 is 0 Å². The van der Waals surface area contributed by atoms with E-state index in [1.54, 1.807) is 0 Å². The summed E-state index contributed by atoms with van der Waals surface area (Å²) in [6.07, 6.45) is 5.72. The molecule has 0 saturated carbocycles. The largest absolute Gasteiger partial charge is 0.493 e. The molecule has 0 aliphatic heterocycles. The molecule has 0 atom stereocenters. The molecule has 3 rings (SSSR count). The molecule has 0 aromatic heterocycles. The van der Waals surface area contributed by atoms with E-state index in [4.69, 9.17) is 19.3 Å². The first-order valence-electron chi connectivity index (χ1n) is 12.5. The Labute approximate surface area is 208 Å². The zero-order valence-electron chi connectivity index (χ0n) is 20.8. The monoisotopic (exact) mass is 476 g/mol. The number of para-hydroxylation sites is 1. The van der Waals surface area contributed by atoms with Gasteiger partial charge in [-0.2, -0.15) is 0 Å². The second-order valence-electron chi connectivity index (χ2n) is 8.60. The zero-order chi connectivity index (χ0) is 24.9. The average Bonchev–Trinajstić information content (AvgIpc) is 2.85. The van der Waals surface area contributed by atoms with Gasteiger partial charge in [-0.3, -0.25) is 4.79 Å². The van der Waals surface area contributed by atoms with Gasteiger partial charge in [0.1, 0.15) is 23.0 Å². The molecule has 0 bridgehead atoms. The van der Waals surface area contributed by atoms with Crippen LogP contribution in [0.4, 0.5) is 0 Å². The molecule has 0 aliphatic rings. The lowest BCUT2D eigenvalue weighted by atomic mass is 10.0. The van der Waals surface area contributed by atoms with E-state index in [-0.39, 0.29) is 6.42 Å². The Kier molecular flexibility index (Phi) is 10.5. The van der Waals surface area contributed by atoms with Gasteiger partial charge in [0.2, 0.25) is 0 Å². The van der Waals surface area contributed by atoms with Crippen molar-refractivity contribution < 1.29 is 24.1 Å². The van der Waals surface area contributed by atoms with E-state index in [1.165, 1.54) is 0 Å². The molecule has 35 heavy (non-hydrogen) atoms. The summed E-state index contributed by atoms with van der Waals surface area (Å²) in [5, 5.41) is 9.08. The van der Waals surface area contributed by atoms with Gasteiger partial charge in [-0.1, -0.05) is 57.0 Å². The minimum atomic E-state index is -0.820. The Morgan fingerprint density at radius 1 is 0.743 bits per heavy atom. The highest BCUT2D eigenvalue weighted by Crippen LogP contribution is 2.29. The van der Waals surface area contributed by atoms with Crippen LogP contribution in [-0.2, 0) is 24.1 Å². The Bertz CT molecular complexity index is 1060. The topological polar surface area (TPSA) is 65.0 Å². The van der Waals surface area contributed by atoms with Crippen LogP contribution >= 0.6 is 0 Å². The van der Waals surface area contributed by atoms with Crippen molar-refractivity contribution in [2.24, 2.45) is 0 Å². The van der Waals surface area contributed by atoms with E-state index in [1.807, 2.05) is 60.7 Å². The summed E-state index contributed by atoms with van der Waals surface area (Å²) in [6.45, 7) is 5.39. The second-order valence-corrected chi connectivity index (χ2v) is 8.60. The summed E-state index contributed by atoms with van der Waals surface area (Å²) >= 11 is 0. The number of hydrogen-bond donors (Lipinski definition) is 1. The predicted octanol–water partition coefficient (Wildman–Crippen LogP) is 7.25. The van der Waals surface area contributed by atoms with Gasteiger partial charge in [-0.15, -0.1) is 0 Å². The normalized spacial score (nSPS) is 10.7. The van der Waals surface area contributed by atoms with E-state index in [0.29, 0.717) is 13.2 Å². The van der Waals surface area contributed by atoms with Crippen LogP contribution in [0.3, 0.4) is 0 Å². The maximum atomic E-state index is 11.1. The van der Waals surface area contributed by atoms with Crippen molar-refractivity contribution in [3.63, 3.8) is 0 Å². The molecule has 0 saturated heterocycles. The molecule has 3 aromatic rings. The molecular weight excluding hydrogens is 440 g/mol. The zero-order valence-corrected chi connectivity index (χ0v) is 20.8. The lowest BCUT2D eigenvalue weighted by Crippen LogP contribution is -2.08. The summed E-state index contributed by atoms with van der Waals surface area (Å²) < 4.78 is 18.1. The van der Waals surface area contributed by atoms with Gasteiger partial charge in [0, 0.05) is 6.42 Å². The summed E-state index contributed by atoms with van der Waals surface area (Å²) in [5.41, 5.74) is 3.02. The van der Waals surface area contributed by atoms with Crippen molar-refractivity contribution in [1.82, 2.24) is 0 Å². The van der Waals surface area contributed by atoms with Gasteiger partial charge in [0.15, 0.2) is 0 Å². The van der Waals surface area contributed by atoms with Crippen molar-refractivity contribution in [2.45, 2.75) is 58.8 Å². The molecular formula is C30H36O5. The second kappa shape index (κ2) is 14.1. The SMILES string of the molecule is CCCCc1cc(CC(=O)O)ccc1OCCCOc1ccc(Oc2ccccc2)cc1CCC. The highest BCUT2D eigenvalue weighted by Gasteiger charge is 2.09. The third kappa shape index (κ3) is 8.67. The number of aliphatic carboxylic acids is 1. The quantitative estimate of drug-likeness (QED) is 0.234. The van der Waals surface area contributed by atoms with E-state index in [9.17, 15) is 4.79 Å². The van der Waals surface area contributed by atoms with Crippen LogP contribution in [0.5, 0.6) is 23.0 Å². The van der Waals surface area contributed by atoms with Gasteiger partial charge in [-0.05, 0) is 72.4 Å². The first kappa shape index (κ1) is 26.1. The van der Waals surface area contributed by atoms with Gasteiger partial charge in [0.05, 0.1) is 19.6 Å².